The highest BCUT2D eigenvalue weighted by Crippen LogP contribution is 2.39. The first-order valence-corrected chi connectivity index (χ1v) is 16.6. The first-order chi connectivity index (χ1) is 19.2. The van der Waals surface area contributed by atoms with Crippen LogP contribution in [0.5, 0.6) is 0 Å². The van der Waals surface area contributed by atoms with Gasteiger partial charge in [-0.1, -0.05) is 164 Å². The molecule has 1 heterocycles. The summed E-state index contributed by atoms with van der Waals surface area (Å²) in [6, 6.07) is 44.5. The van der Waals surface area contributed by atoms with Crippen molar-refractivity contribution in [3.8, 4) is 0 Å². The fourth-order valence-electron chi connectivity index (χ4n) is 6.05. The van der Waals surface area contributed by atoms with E-state index < -0.39 is 8.80 Å². The highest BCUT2D eigenvalue weighted by Gasteiger charge is 2.41. The lowest BCUT2D eigenvalue weighted by atomic mass is 9.37. The van der Waals surface area contributed by atoms with Crippen LogP contribution in [0, 0.1) is 0 Å². The van der Waals surface area contributed by atoms with Crippen LogP contribution in [-0.2, 0) is 5.16 Å². The molecule has 1 saturated carbocycles. The summed E-state index contributed by atoms with van der Waals surface area (Å²) in [5, 5.41) is -0.160. The molecule has 0 saturated heterocycles. The van der Waals surface area contributed by atoms with Crippen molar-refractivity contribution in [2.75, 3.05) is 0 Å². The smallest absolute Gasteiger partial charge is 0.212 e. The molecule has 5 aromatic rings. The summed E-state index contributed by atoms with van der Waals surface area (Å²) in [6.07, 6.45) is 10.7. The maximum Gasteiger partial charge on any atom is 0.212 e. The van der Waals surface area contributed by atoms with Crippen LogP contribution in [0.25, 0.3) is 0 Å². The van der Waals surface area contributed by atoms with E-state index in [4.69, 9.17) is 0 Å². The van der Waals surface area contributed by atoms with Gasteiger partial charge in [0.25, 0.3) is 0 Å². The van der Waals surface area contributed by atoms with Gasteiger partial charge < -0.3 is 4.57 Å². The lowest BCUT2D eigenvalue weighted by molar-refractivity contribution is 0.583. The minimum atomic E-state index is -1.29. The third-order valence-electron chi connectivity index (χ3n) is 7.98. The quantitative estimate of drug-likeness (QED) is 0.155. The Balaban J connectivity index is 0.000000168. The van der Waals surface area contributed by atoms with E-state index in [2.05, 4.69) is 156 Å². The number of imidazole rings is 1. The van der Waals surface area contributed by atoms with Crippen LogP contribution in [0.15, 0.2) is 153 Å². The monoisotopic (exact) mass is 524 g/mol. The Bertz CT molecular complexity index is 1320. The number of rotatable bonds is 9. The van der Waals surface area contributed by atoms with Crippen LogP contribution in [0.4, 0.5) is 0 Å². The van der Waals surface area contributed by atoms with Crippen molar-refractivity contribution >= 4 is 26.4 Å². The Morgan fingerprint density at radius 2 is 1.26 bits per heavy atom. The van der Waals surface area contributed by atoms with E-state index in [1.54, 1.807) is 0 Å². The Morgan fingerprint density at radius 3 is 1.64 bits per heavy atom. The second-order valence-corrected chi connectivity index (χ2v) is 13.6. The van der Waals surface area contributed by atoms with Crippen molar-refractivity contribution in [3.63, 3.8) is 0 Å². The molecular weight excluding hydrogens is 487 g/mol. The van der Waals surface area contributed by atoms with E-state index in [0.29, 0.717) is 6.71 Å². The van der Waals surface area contributed by atoms with Crippen LogP contribution in [-0.4, -0.2) is 25.1 Å². The van der Waals surface area contributed by atoms with Gasteiger partial charge in [0.15, 0.2) is 0 Å². The zero-order valence-corrected chi connectivity index (χ0v) is 24.0. The molecule has 1 aromatic heterocycles. The van der Waals surface area contributed by atoms with Crippen molar-refractivity contribution in [3.05, 3.63) is 164 Å². The van der Waals surface area contributed by atoms with Crippen LogP contribution in [0.2, 0.25) is 18.4 Å². The highest BCUT2D eigenvalue weighted by atomic mass is 28.3. The van der Waals surface area contributed by atoms with Crippen molar-refractivity contribution in [1.29, 1.82) is 0 Å². The van der Waals surface area contributed by atoms with E-state index in [1.807, 2.05) is 12.5 Å². The topological polar surface area (TPSA) is 17.8 Å². The summed E-state index contributed by atoms with van der Waals surface area (Å²) in [4.78, 5) is 4.34. The Labute approximate surface area is 235 Å². The third kappa shape index (κ3) is 5.92. The van der Waals surface area contributed by atoms with Crippen molar-refractivity contribution in [2.24, 2.45) is 0 Å². The number of hydrogen-bond donors (Lipinski definition) is 0. The van der Waals surface area contributed by atoms with Gasteiger partial charge in [-0.3, -0.25) is 0 Å². The Hall–Kier alpha value is -3.89. The van der Waals surface area contributed by atoms with Gasteiger partial charge in [0.05, 0.1) is 20.3 Å². The summed E-state index contributed by atoms with van der Waals surface area (Å²) < 4.78 is 2.29. The largest absolute Gasteiger partial charge is 0.326 e. The van der Waals surface area contributed by atoms with E-state index >= 15 is 0 Å². The van der Waals surface area contributed by atoms with Crippen molar-refractivity contribution < 1.29 is 0 Å². The van der Waals surface area contributed by atoms with Crippen LogP contribution in [0.1, 0.15) is 24.0 Å². The van der Waals surface area contributed by atoms with Gasteiger partial charge in [0, 0.05) is 12.4 Å². The molecule has 0 N–H and O–H groups in total. The van der Waals surface area contributed by atoms with Crippen LogP contribution >= 0.6 is 0 Å². The average Bonchev–Trinajstić information content (AvgIpc) is 3.68. The van der Waals surface area contributed by atoms with Gasteiger partial charge in [0.2, 0.25) is 6.71 Å². The zero-order chi connectivity index (χ0) is 26.9. The maximum atomic E-state index is 4.34. The third-order valence-corrected chi connectivity index (χ3v) is 11.4. The summed E-state index contributed by atoms with van der Waals surface area (Å²) in [5.41, 5.74) is 5.59. The molecule has 0 aliphatic heterocycles. The standard InChI is InChI=1S/C20H22N2Si.C15H15B/c1-3-16-23(2)20(22-15-14-21-17-22,18-10-6-4-7-11-18)19-12-8-5-9-13-19;1-3-7-13(8-4-1)16(15-11-12-15)14-9-5-2-6-10-14/h3-15,17,23H,1,16H2,2H3;1-10,15H,11-12H2. The van der Waals surface area contributed by atoms with E-state index in [0.717, 1.165) is 11.9 Å². The number of benzene rings is 4. The molecule has 1 atom stereocenters. The second-order valence-electron chi connectivity index (χ2n) is 10.5. The molecule has 4 aromatic carbocycles. The van der Waals surface area contributed by atoms with Gasteiger partial charge >= 0.3 is 0 Å². The fourth-order valence-corrected chi connectivity index (χ4v) is 9.07. The molecule has 0 spiro atoms. The second kappa shape index (κ2) is 12.8. The highest BCUT2D eigenvalue weighted by molar-refractivity contribution is 6.86. The maximum absolute atomic E-state index is 4.34. The average molecular weight is 525 g/mol. The number of allylic oxidation sites excluding steroid dienone is 1. The first kappa shape index (κ1) is 26.7. The van der Waals surface area contributed by atoms with Gasteiger partial charge in [-0.2, -0.15) is 0 Å². The summed E-state index contributed by atoms with van der Waals surface area (Å²) in [5.74, 6) is 0.866. The number of hydrogen-bond acceptors (Lipinski definition) is 1. The summed E-state index contributed by atoms with van der Waals surface area (Å²) >= 11 is 0. The minimum Gasteiger partial charge on any atom is -0.326 e. The molecule has 1 aliphatic rings. The Morgan fingerprint density at radius 1 is 0.795 bits per heavy atom. The molecule has 1 fully saturated rings. The van der Waals surface area contributed by atoms with E-state index in [-0.39, 0.29) is 5.16 Å². The minimum absolute atomic E-state index is 0.160. The lowest BCUT2D eigenvalue weighted by Crippen LogP contribution is -2.48. The van der Waals surface area contributed by atoms with Crippen LogP contribution < -0.4 is 10.9 Å². The van der Waals surface area contributed by atoms with Crippen LogP contribution in [0.3, 0.4) is 0 Å². The first-order valence-electron chi connectivity index (χ1n) is 14.1. The molecule has 0 bridgehead atoms. The molecule has 1 unspecified atom stereocenters. The summed E-state index contributed by atoms with van der Waals surface area (Å²) in [7, 11) is -1.29. The molecule has 4 heteroatoms. The molecule has 2 nitrogen and oxygen atoms in total. The normalized spacial score (nSPS) is 13.6. The number of nitrogens with zero attached hydrogens (tertiary/aromatic N) is 2. The van der Waals surface area contributed by atoms with Gasteiger partial charge in [-0.25, -0.2) is 4.98 Å². The SMILES string of the molecule is C=CC[SiH](C)C(c1ccccc1)(c1ccccc1)n1ccnc1.c1ccc(B(c2ccccc2)C2CC2)cc1. The summed E-state index contributed by atoms with van der Waals surface area (Å²) in [6.45, 7) is 7.02. The molecule has 1 aliphatic carbocycles. The molecule has 6 rings (SSSR count). The lowest BCUT2D eigenvalue weighted by Gasteiger charge is -2.41. The van der Waals surface area contributed by atoms with Gasteiger partial charge in [-0.05, 0) is 17.2 Å². The Kier molecular flexibility index (Phi) is 8.75. The van der Waals surface area contributed by atoms with E-state index in [1.165, 1.54) is 34.9 Å². The van der Waals surface area contributed by atoms with Gasteiger partial charge in [0.1, 0.15) is 0 Å². The molecule has 194 valence electrons. The molecule has 0 amide bonds. The van der Waals surface area contributed by atoms with E-state index in [9.17, 15) is 0 Å². The zero-order valence-electron chi connectivity index (χ0n) is 22.8. The molecular formula is C35H37BN2Si. The fraction of sp³-hybridized carbons (Fsp3) is 0.171. The number of aromatic nitrogens is 2. The van der Waals surface area contributed by atoms with Crippen molar-refractivity contribution in [1.82, 2.24) is 9.55 Å². The van der Waals surface area contributed by atoms with Gasteiger partial charge in [-0.15, -0.1) is 6.58 Å². The molecule has 39 heavy (non-hydrogen) atoms. The van der Waals surface area contributed by atoms with Crippen molar-refractivity contribution in [2.45, 2.75) is 36.4 Å². The predicted molar refractivity (Wildman–Crippen MR) is 170 cm³/mol. The molecule has 0 radical (unpaired) electrons. The predicted octanol–water partition coefficient (Wildman–Crippen LogP) is 6.72.